The van der Waals surface area contributed by atoms with E-state index in [0.29, 0.717) is 6.54 Å². The van der Waals surface area contributed by atoms with Gasteiger partial charge in [0.05, 0.1) is 0 Å². The molecule has 1 unspecified atom stereocenters. The molecule has 0 bridgehead atoms. The second-order valence-electron chi connectivity index (χ2n) is 6.04. The highest BCUT2D eigenvalue weighted by Gasteiger charge is 2.49. The van der Waals surface area contributed by atoms with Crippen LogP contribution in [0.1, 0.15) is 40.0 Å². The first kappa shape index (κ1) is 12.4. The number of likely N-dealkylation sites (tertiary alicyclic amines) is 1. The minimum atomic E-state index is -0.715. The molecule has 0 aromatic carbocycles. The summed E-state index contributed by atoms with van der Waals surface area (Å²) in [6.07, 6.45) is 5.60. The van der Waals surface area contributed by atoms with Gasteiger partial charge in [0.25, 0.3) is 0 Å². The Morgan fingerprint density at radius 2 is 2.00 bits per heavy atom. The Morgan fingerprint density at radius 1 is 1.41 bits per heavy atom. The maximum atomic E-state index is 11.9. The Morgan fingerprint density at radius 3 is 2.53 bits per heavy atom. The minimum Gasteiger partial charge on any atom is -0.444 e. The number of amides is 1. The fourth-order valence-corrected chi connectivity index (χ4v) is 2.57. The summed E-state index contributed by atoms with van der Waals surface area (Å²) in [6, 6.07) is 0. The van der Waals surface area contributed by atoms with Crippen LogP contribution in [0.2, 0.25) is 0 Å². The van der Waals surface area contributed by atoms with E-state index < -0.39 is 17.9 Å². The molecule has 0 radical (unpaired) electrons. The summed E-state index contributed by atoms with van der Waals surface area (Å²) in [6.45, 7) is 6.08. The van der Waals surface area contributed by atoms with Crippen molar-refractivity contribution in [3.8, 4) is 0 Å². The summed E-state index contributed by atoms with van der Waals surface area (Å²) in [5.41, 5.74) is -0.669. The van der Waals surface area contributed by atoms with Gasteiger partial charge in [-0.05, 0) is 40.0 Å². The Bertz CT molecular complexity index is 335. The number of ether oxygens (including phenoxy) is 1. The lowest BCUT2D eigenvalue weighted by atomic mass is 9.83. The average molecular weight is 239 g/mol. The van der Waals surface area contributed by atoms with Gasteiger partial charge in [-0.2, -0.15) is 0 Å². The second-order valence-corrected chi connectivity index (χ2v) is 6.04. The van der Waals surface area contributed by atoms with Gasteiger partial charge in [0.15, 0.2) is 0 Å². The third kappa shape index (κ3) is 2.32. The van der Waals surface area contributed by atoms with E-state index in [1.807, 2.05) is 20.8 Å². The molecule has 1 amide bonds. The molecular weight excluding hydrogens is 218 g/mol. The number of carbonyl (C=O) groups excluding carboxylic acids is 1. The van der Waals surface area contributed by atoms with Crippen LogP contribution in [0.3, 0.4) is 0 Å². The van der Waals surface area contributed by atoms with E-state index in [4.69, 9.17) is 4.74 Å². The van der Waals surface area contributed by atoms with Crippen molar-refractivity contribution in [2.24, 2.45) is 5.41 Å². The highest BCUT2D eigenvalue weighted by molar-refractivity contribution is 5.69. The molecule has 2 rings (SSSR count). The van der Waals surface area contributed by atoms with Crippen molar-refractivity contribution in [3.63, 3.8) is 0 Å². The van der Waals surface area contributed by atoms with E-state index in [9.17, 15) is 9.90 Å². The maximum Gasteiger partial charge on any atom is 0.412 e. The van der Waals surface area contributed by atoms with E-state index >= 15 is 0 Å². The van der Waals surface area contributed by atoms with Gasteiger partial charge in [-0.1, -0.05) is 12.2 Å². The molecule has 1 N–H and O–H groups in total. The van der Waals surface area contributed by atoms with Crippen LogP contribution in [0.5, 0.6) is 0 Å². The summed E-state index contributed by atoms with van der Waals surface area (Å²) < 4.78 is 5.30. The monoisotopic (exact) mass is 239 g/mol. The molecule has 1 spiro atoms. The van der Waals surface area contributed by atoms with E-state index in [-0.39, 0.29) is 5.41 Å². The molecule has 0 aromatic heterocycles. The largest absolute Gasteiger partial charge is 0.444 e. The van der Waals surface area contributed by atoms with Crippen molar-refractivity contribution in [1.29, 1.82) is 0 Å². The van der Waals surface area contributed by atoms with Crippen LogP contribution in [-0.2, 0) is 4.74 Å². The zero-order chi connectivity index (χ0) is 12.7. The van der Waals surface area contributed by atoms with Gasteiger partial charge in [-0.25, -0.2) is 4.79 Å². The molecular formula is C13H21NO3. The molecule has 17 heavy (non-hydrogen) atoms. The van der Waals surface area contributed by atoms with Gasteiger partial charge >= 0.3 is 6.09 Å². The zero-order valence-corrected chi connectivity index (χ0v) is 10.8. The molecule has 1 fully saturated rings. The Labute approximate surface area is 102 Å². The molecule has 0 aromatic rings. The molecule has 1 heterocycles. The van der Waals surface area contributed by atoms with Gasteiger partial charge in [0.2, 0.25) is 0 Å². The predicted molar refractivity (Wildman–Crippen MR) is 64.4 cm³/mol. The van der Waals surface area contributed by atoms with Crippen LogP contribution in [0.15, 0.2) is 12.2 Å². The summed E-state index contributed by atoms with van der Waals surface area (Å²) in [7, 11) is 0. The molecule has 4 heteroatoms. The van der Waals surface area contributed by atoms with Gasteiger partial charge in [-0.3, -0.25) is 4.90 Å². The molecule has 4 nitrogen and oxygen atoms in total. The molecule has 1 saturated heterocycles. The number of carbonyl (C=O) groups is 1. The third-order valence-corrected chi connectivity index (χ3v) is 3.54. The highest BCUT2D eigenvalue weighted by Crippen LogP contribution is 2.46. The van der Waals surface area contributed by atoms with Crippen molar-refractivity contribution in [2.75, 3.05) is 6.54 Å². The Kier molecular flexibility index (Phi) is 2.94. The number of aliphatic hydroxyl groups is 1. The number of aliphatic hydroxyl groups excluding tert-OH is 1. The lowest BCUT2D eigenvalue weighted by Crippen LogP contribution is -2.44. The lowest BCUT2D eigenvalue weighted by molar-refractivity contribution is -0.0495. The molecule has 1 atom stereocenters. The molecule has 1 aliphatic heterocycles. The minimum absolute atomic E-state index is 0.156. The van der Waals surface area contributed by atoms with Crippen molar-refractivity contribution >= 4 is 6.09 Å². The fraction of sp³-hybridized carbons (Fsp3) is 0.769. The summed E-state index contributed by atoms with van der Waals surface area (Å²) in [5.74, 6) is 0. The van der Waals surface area contributed by atoms with Crippen LogP contribution < -0.4 is 0 Å². The topological polar surface area (TPSA) is 49.8 Å². The highest BCUT2D eigenvalue weighted by atomic mass is 16.6. The van der Waals surface area contributed by atoms with Crippen LogP contribution in [-0.4, -0.2) is 34.5 Å². The number of hydrogen-bond acceptors (Lipinski definition) is 3. The Hall–Kier alpha value is -1.03. The van der Waals surface area contributed by atoms with E-state index in [1.165, 1.54) is 4.90 Å². The second kappa shape index (κ2) is 4.02. The Balaban J connectivity index is 2.02. The van der Waals surface area contributed by atoms with Crippen molar-refractivity contribution < 1.29 is 14.6 Å². The average Bonchev–Trinajstić information content (AvgIpc) is 2.75. The van der Waals surface area contributed by atoms with Gasteiger partial charge in [0, 0.05) is 12.0 Å². The molecule has 1 aliphatic carbocycles. The SMILES string of the molecule is CC(C)(C)OC(=O)N1CCC2(CC=CC2)C1O. The fourth-order valence-electron chi connectivity index (χ4n) is 2.57. The smallest absolute Gasteiger partial charge is 0.412 e. The van der Waals surface area contributed by atoms with Gasteiger partial charge in [-0.15, -0.1) is 0 Å². The predicted octanol–water partition coefficient (Wildman–Crippen LogP) is 2.28. The molecule has 2 aliphatic rings. The number of hydrogen-bond donors (Lipinski definition) is 1. The first-order chi connectivity index (χ1) is 7.84. The van der Waals surface area contributed by atoms with Crippen molar-refractivity contribution in [3.05, 3.63) is 12.2 Å². The van der Waals surface area contributed by atoms with Gasteiger partial charge < -0.3 is 9.84 Å². The van der Waals surface area contributed by atoms with Crippen LogP contribution in [0.4, 0.5) is 4.79 Å². The van der Waals surface area contributed by atoms with Crippen LogP contribution in [0, 0.1) is 5.41 Å². The van der Waals surface area contributed by atoms with E-state index in [0.717, 1.165) is 19.3 Å². The maximum absolute atomic E-state index is 11.9. The first-order valence-electron chi connectivity index (χ1n) is 6.17. The summed E-state index contributed by atoms with van der Waals surface area (Å²) >= 11 is 0. The van der Waals surface area contributed by atoms with Crippen molar-refractivity contribution in [2.45, 2.75) is 51.9 Å². The van der Waals surface area contributed by atoms with E-state index in [2.05, 4.69) is 12.2 Å². The molecule has 0 saturated carbocycles. The number of rotatable bonds is 0. The van der Waals surface area contributed by atoms with Crippen LogP contribution in [0.25, 0.3) is 0 Å². The lowest BCUT2D eigenvalue weighted by Gasteiger charge is -2.32. The van der Waals surface area contributed by atoms with Gasteiger partial charge in [0.1, 0.15) is 11.8 Å². The summed E-state index contributed by atoms with van der Waals surface area (Å²) in [5, 5.41) is 10.3. The normalized spacial score (nSPS) is 26.8. The number of allylic oxidation sites excluding steroid dienone is 2. The third-order valence-electron chi connectivity index (χ3n) is 3.54. The summed E-state index contributed by atoms with van der Waals surface area (Å²) in [4.78, 5) is 13.4. The standard InChI is InChI=1S/C13H21NO3/c1-12(2,3)17-11(16)14-9-8-13(10(14)15)6-4-5-7-13/h4-5,10,15H,6-9H2,1-3H3. The quantitative estimate of drug-likeness (QED) is 0.660. The first-order valence-corrected chi connectivity index (χ1v) is 6.17. The van der Waals surface area contributed by atoms with Crippen molar-refractivity contribution in [1.82, 2.24) is 4.90 Å². The molecule has 96 valence electrons. The van der Waals surface area contributed by atoms with E-state index in [1.54, 1.807) is 0 Å². The number of nitrogens with zero attached hydrogens (tertiary/aromatic N) is 1. The van der Waals surface area contributed by atoms with Crippen LogP contribution >= 0.6 is 0 Å². The zero-order valence-electron chi connectivity index (χ0n) is 10.8.